The third kappa shape index (κ3) is 3.05. The van der Waals surface area contributed by atoms with Gasteiger partial charge in [0.1, 0.15) is 0 Å². The van der Waals surface area contributed by atoms with E-state index in [4.69, 9.17) is 9.47 Å². The van der Waals surface area contributed by atoms with Crippen LogP contribution in [-0.2, 0) is 16.1 Å². The number of benzene rings is 1. The molecule has 1 aromatic carbocycles. The standard InChI is InChI=1S/C13H18O2/c1-2-12-8-13(10-15-12)14-9-11-6-4-3-5-7-11/h3-7,12-13H,2,8-10H2,1H3. The van der Waals surface area contributed by atoms with Crippen molar-refractivity contribution in [3.05, 3.63) is 35.9 Å². The fourth-order valence-electron chi connectivity index (χ4n) is 1.86. The highest BCUT2D eigenvalue weighted by Gasteiger charge is 2.24. The molecule has 1 aromatic rings. The summed E-state index contributed by atoms with van der Waals surface area (Å²) in [6, 6.07) is 10.3. The van der Waals surface area contributed by atoms with E-state index in [9.17, 15) is 0 Å². The Morgan fingerprint density at radius 3 is 2.80 bits per heavy atom. The Balaban J connectivity index is 1.75. The second-order valence-corrected chi connectivity index (χ2v) is 4.02. The van der Waals surface area contributed by atoms with Gasteiger partial charge in [-0.05, 0) is 12.0 Å². The summed E-state index contributed by atoms with van der Waals surface area (Å²) in [6.07, 6.45) is 2.83. The molecule has 0 spiro atoms. The summed E-state index contributed by atoms with van der Waals surface area (Å²) in [5, 5.41) is 0. The molecule has 2 heteroatoms. The van der Waals surface area contributed by atoms with Crippen LogP contribution in [0.3, 0.4) is 0 Å². The van der Waals surface area contributed by atoms with Gasteiger partial charge in [-0.1, -0.05) is 37.3 Å². The number of hydrogen-bond donors (Lipinski definition) is 0. The van der Waals surface area contributed by atoms with Gasteiger partial charge in [0, 0.05) is 6.42 Å². The third-order valence-corrected chi connectivity index (χ3v) is 2.83. The summed E-state index contributed by atoms with van der Waals surface area (Å²) in [5.41, 5.74) is 1.23. The average Bonchev–Trinajstić information content (AvgIpc) is 2.76. The minimum atomic E-state index is 0.287. The van der Waals surface area contributed by atoms with Crippen LogP contribution in [0.4, 0.5) is 0 Å². The molecule has 1 aliphatic rings. The summed E-state index contributed by atoms with van der Waals surface area (Å²) in [5.74, 6) is 0. The van der Waals surface area contributed by atoms with Crippen LogP contribution in [0, 0.1) is 0 Å². The highest BCUT2D eigenvalue weighted by Crippen LogP contribution is 2.19. The number of ether oxygens (including phenoxy) is 2. The fourth-order valence-corrected chi connectivity index (χ4v) is 1.86. The van der Waals surface area contributed by atoms with Crippen LogP contribution in [0.1, 0.15) is 25.3 Å². The summed E-state index contributed by atoms with van der Waals surface area (Å²) >= 11 is 0. The molecule has 2 atom stereocenters. The zero-order chi connectivity index (χ0) is 10.5. The molecule has 0 amide bonds. The predicted molar refractivity (Wildman–Crippen MR) is 59.7 cm³/mol. The van der Waals surface area contributed by atoms with Gasteiger partial charge in [-0.15, -0.1) is 0 Å². The lowest BCUT2D eigenvalue weighted by Gasteiger charge is -2.09. The van der Waals surface area contributed by atoms with Crippen LogP contribution in [0.5, 0.6) is 0 Å². The van der Waals surface area contributed by atoms with Crippen LogP contribution < -0.4 is 0 Å². The molecule has 0 bridgehead atoms. The Morgan fingerprint density at radius 2 is 2.13 bits per heavy atom. The molecule has 0 saturated carbocycles. The van der Waals surface area contributed by atoms with Crippen molar-refractivity contribution in [2.75, 3.05) is 6.61 Å². The first kappa shape index (κ1) is 10.7. The maximum atomic E-state index is 5.80. The van der Waals surface area contributed by atoms with Crippen molar-refractivity contribution >= 4 is 0 Å². The van der Waals surface area contributed by atoms with E-state index in [1.807, 2.05) is 18.2 Å². The largest absolute Gasteiger partial charge is 0.375 e. The molecule has 1 fully saturated rings. The summed E-state index contributed by atoms with van der Waals surface area (Å²) in [4.78, 5) is 0. The van der Waals surface area contributed by atoms with Gasteiger partial charge in [0.25, 0.3) is 0 Å². The molecule has 0 aliphatic carbocycles. The second-order valence-electron chi connectivity index (χ2n) is 4.02. The second kappa shape index (κ2) is 5.29. The highest BCUT2D eigenvalue weighted by molar-refractivity contribution is 5.13. The van der Waals surface area contributed by atoms with E-state index in [0.29, 0.717) is 12.7 Å². The van der Waals surface area contributed by atoms with Crippen LogP contribution in [-0.4, -0.2) is 18.8 Å². The lowest BCUT2D eigenvalue weighted by atomic mass is 10.2. The van der Waals surface area contributed by atoms with Gasteiger partial charge >= 0.3 is 0 Å². The lowest BCUT2D eigenvalue weighted by molar-refractivity contribution is 0.0274. The van der Waals surface area contributed by atoms with Gasteiger partial charge in [0.15, 0.2) is 0 Å². The predicted octanol–water partition coefficient (Wildman–Crippen LogP) is 2.77. The summed E-state index contributed by atoms with van der Waals surface area (Å²) in [7, 11) is 0. The van der Waals surface area contributed by atoms with E-state index >= 15 is 0 Å². The quantitative estimate of drug-likeness (QED) is 0.754. The van der Waals surface area contributed by atoms with Gasteiger partial charge in [0.05, 0.1) is 25.4 Å². The first-order valence-corrected chi connectivity index (χ1v) is 5.65. The maximum absolute atomic E-state index is 5.80. The van der Waals surface area contributed by atoms with E-state index in [2.05, 4.69) is 19.1 Å². The monoisotopic (exact) mass is 206 g/mol. The zero-order valence-electron chi connectivity index (χ0n) is 9.19. The molecule has 82 valence electrons. The highest BCUT2D eigenvalue weighted by atomic mass is 16.5. The zero-order valence-corrected chi connectivity index (χ0v) is 9.19. The molecule has 2 rings (SSSR count). The minimum absolute atomic E-state index is 0.287. The fraction of sp³-hybridized carbons (Fsp3) is 0.538. The van der Waals surface area contributed by atoms with Crippen molar-refractivity contribution in [2.24, 2.45) is 0 Å². The molecule has 0 aromatic heterocycles. The lowest BCUT2D eigenvalue weighted by Crippen LogP contribution is -2.12. The Bertz CT molecular complexity index is 284. The van der Waals surface area contributed by atoms with Crippen molar-refractivity contribution in [3.63, 3.8) is 0 Å². The summed E-state index contributed by atoms with van der Waals surface area (Å²) < 4.78 is 11.4. The number of rotatable bonds is 4. The molecular formula is C13H18O2. The van der Waals surface area contributed by atoms with Crippen molar-refractivity contribution < 1.29 is 9.47 Å². The van der Waals surface area contributed by atoms with Gasteiger partial charge in [-0.25, -0.2) is 0 Å². The van der Waals surface area contributed by atoms with Crippen LogP contribution in [0.25, 0.3) is 0 Å². The Hall–Kier alpha value is -0.860. The summed E-state index contributed by atoms with van der Waals surface area (Å²) in [6.45, 7) is 3.61. The average molecular weight is 206 g/mol. The van der Waals surface area contributed by atoms with Gasteiger partial charge < -0.3 is 9.47 Å². The molecule has 2 unspecified atom stereocenters. The first-order chi connectivity index (χ1) is 7.38. The molecule has 0 radical (unpaired) electrons. The molecule has 2 nitrogen and oxygen atoms in total. The molecular weight excluding hydrogens is 188 g/mol. The van der Waals surface area contributed by atoms with Gasteiger partial charge in [-0.2, -0.15) is 0 Å². The Labute approximate surface area is 91.2 Å². The smallest absolute Gasteiger partial charge is 0.0837 e. The third-order valence-electron chi connectivity index (χ3n) is 2.83. The normalized spacial score (nSPS) is 25.7. The molecule has 15 heavy (non-hydrogen) atoms. The van der Waals surface area contributed by atoms with E-state index in [0.717, 1.165) is 19.4 Å². The minimum Gasteiger partial charge on any atom is -0.375 e. The number of hydrogen-bond acceptors (Lipinski definition) is 2. The van der Waals surface area contributed by atoms with Crippen molar-refractivity contribution in [3.8, 4) is 0 Å². The van der Waals surface area contributed by atoms with Crippen LogP contribution >= 0.6 is 0 Å². The van der Waals surface area contributed by atoms with Crippen LogP contribution in [0.2, 0.25) is 0 Å². The topological polar surface area (TPSA) is 18.5 Å². The molecule has 1 saturated heterocycles. The van der Waals surface area contributed by atoms with Crippen LogP contribution in [0.15, 0.2) is 30.3 Å². The van der Waals surface area contributed by atoms with E-state index in [-0.39, 0.29) is 6.10 Å². The Morgan fingerprint density at radius 1 is 1.33 bits per heavy atom. The van der Waals surface area contributed by atoms with Crippen molar-refractivity contribution in [2.45, 2.75) is 38.6 Å². The van der Waals surface area contributed by atoms with Gasteiger partial charge in [0.2, 0.25) is 0 Å². The Kier molecular flexibility index (Phi) is 3.75. The van der Waals surface area contributed by atoms with E-state index in [1.165, 1.54) is 5.56 Å². The molecule has 0 N–H and O–H groups in total. The first-order valence-electron chi connectivity index (χ1n) is 5.65. The van der Waals surface area contributed by atoms with E-state index < -0.39 is 0 Å². The van der Waals surface area contributed by atoms with E-state index in [1.54, 1.807) is 0 Å². The molecule has 1 heterocycles. The SMILES string of the molecule is CCC1CC(OCc2ccccc2)CO1. The van der Waals surface area contributed by atoms with Crippen molar-refractivity contribution in [1.82, 2.24) is 0 Å². The molecule has 1 aliphatic heterocycles. The van der Waals surface area contributed by atoms with Gasteiger partial charge in [-0.3, -0.25) is 0 Å². The maximum Gasteiger partial charge on any atom is 0.0837 e. The van der Waals surface area contributed by atoms with Crippen molar-refractivity contribution in [1.29, 1.82) is 0 Å².